The van der Waals surface area contributed by atoms with Gasteiger partial charge in [0, 0.05) is 48.8 Å². The van der Waals surface area contributed by atoms with Crippen LogP contribution < -0.4 is 10.6 Å². The van der Waals surface area contributed by atoms with Crippen LogP contribution in [-0.2, 0) is 22.4 Å². The van der Waals surface area contributed by atoms with Gasteiger partial charge in [0.1, 0.15) is 11.6 Å². The molecule has 0 radical (unpaired) electrons. The van der Waals surface area contributed by atoms with Gasteiger partial charge in [-0.1, -0.05) is 84.0 Å². The Labute approximate surface area is 326 Å². The topological polar surface area (TPSA) is 116 Å². The first kappa shape index (κ1) is 39.7. The second-order valence-electron chi connectivity index (χ2n) is 18.5. The summed E-state index contributed by atoms with van der Waals surface area (Å²) in [5, 5.41) is 6.27. The molecule has 8 nitrogen and oxygen atoms in total. The van der Waals surface area contributed by atoms with Crippen molar-refractivity contribution in [2.24, 2.45) is 22.7 Å². The van der Waals surface area contributed by atoms with Crippen LogP contribution in [0.1, 0.15) is 128 Å². The molecule has 2 heterocycles. The summed E-state index contributed by atoms with van der Waals surface area (Å²) in [5.74, 6) is -5.33. The van der Waals surface area contributed by atoms with Gasteiger partial charge in [-0.3, -0.25) is 9.59 Å². The van der Waals surface area contributed by atoms with E-state index in [4.69, 9.17) is 4.98 Å². The largest absolute Gasteiger partial charge is 0.345 e. The smallest absolute Gasteiger partial charge is 0.248 e. The van der Waals surface area contributed by atoms with Crippen LogP contribution in [0.3, 0.4) is 0 Å². The number of nitrogens with zero attached hydrogens (tertiary/aromatic N) is 2. The average Bonchev–Trinajstić information content (AvgIpc) is 3.79. The Bertz CT molecular complexity index is 2050. The van der Waals surface area contributed by atoms with Crippen molar-refractivity contribution in [3.63, 3.8) is 0 Å². The van der Waals surface area contributed by atoms with Crippen molar-refractivity contribution >= 4 is 11.8 Å². The molecule has 7 rings (SSSR count). The number of benzene rings is 2. The molecule has 2 atom stereocenters. The SMILES string of the molecule is CC(C)(C)C(NC(=O)C1CCC(F)(F)CC1)c1nc2c([nH]1)CCc1cc(-c3ccc(-c4cnc([C@@H](NC(=O)C5CCC(F)(F)CC5)C(C)(C)C)[nH]4)cc3)ccc1-2. The van der Waals surface area contributed by atoms with Crippen LogP contribution in [0.15, 0.2) is 48.7 Å². The van der Waals surface area contributed by atoms with Crippen LogP contribution in [0.2, 0.25) is 0 Å². The molecule has 4 aromatic rings. The summed E-state index contributed by atoms with van der Waals surface area (Å²) in [6.07, 6.45) is 3.04. The normalized spacial score (nSPS) is 19.8. The summed E-state index contributed by atoms with van der Waals surface area (Å²) >= 11 is 0. The van der Waals surface area contributed by atoms with Gasteiger partial charge in [-0.2, -0.15) is 0 Å². The lowest BCUT2D eigenvalue weighted by Crippen LogP contribution is -2.42. The first-order valence-corrected chi connectivity index (χ1v) is 20.0. The zero-order chi connectivity index (χ0) is 40.2. The number of carbonyl (C=O) groups excluding carboxylic acids is 2. The number of hydrogen-bond donors (Lipinski definition) is 4. The van der Waals surface area contributed by atoms with E-state index in [0.717, 1.165) is 52.2 Å². The van der Waals surface area contributed by atoms with Gasteiger partial charge in [-0.15, -0.1) is 0 Å². The van der Waals surface area contributed by atoms with Crippen LogP contribution >= 0.6 is 0 Å². The number of aromatic amines is 2. The van der Waals surface area contributed by atoms with Crippen molar-refractivity contribution in [3.05, 3.63) is 71.6 Å². The zero-order valence-corrected chi connectivity index (χ0v) is 33.2. The second kappa shape index (κ2) is 14.8. The molecule has 1 unspecified atom stereocenters. The van der Waals surface area contributed by atoms with Crippen LogP contribution in [-0.4, -0.2) is 43.6 Å². The predicted molar refractivity (Wildman–Crippen MR) is 209 cm³/mol. The lowest BCUT2D eigenvalue weighted by Gasteiger charge is -2.33. The Morgan fingerprint density at radius 2 is 1.20 bits per heavy atom. The van der Waals surface area contributed by atoms with E-state index in [1.807, 2.05) is 53.7 Å². The van der Waals surface area contributed by atoms with Gasteiger partial charge >= 0.3 is 0 Å². The van der Waals surface area contributed by atoms with Gasteiger partial charge in [0.2, 0.25) is 23.7 Å². The van der Waals surface area contributed by atoms with Gasteiger partial charge in [0.05, 0.1) is 29.7 Å². The van der Waals surface area contributed by atoms with E-state index in [1.54, 1.807) is 6.20 Å². The molecule has 0 bridgehead atoms. The van der Waals surface area contributed by atoms with E-state index in [9.17, 15) is 27.2 Å². The maximum atomic E-state index is 13.8. The second-order valence-corrected chi connectivity index (χ2v) is 18.5. The molecule has 2 fully saturated rings. The lowest BCUT2D eigenvalue weighted by molar-refractivity contribution is -0.131. The molecular formula is C44H54F4N6O2. The van der Waals surface area contributed by atoms with Crippen molar-refractivity contribution in [2.75, 3.05) is 0 Å². The Kier molecular flexibility index (Phi) is 10.5. The van der Waals surface area contributed by atoms with E-state index < -0.39 is 35.8 Å². The van der Waals surface area contributed by atoms with Crippen LogP contribution in [0, 0.1) is 22.7 Å². The molecule has 56 heavy (non-hydrogen) atoms. The van der Waals surface area contributed by atoms with Gasteiger partial charge in [0.15, 0.2) is 0 Å². The zero-order valence-electron chi connectivity index (χ0n) is 33.2. The van der Waals surface area contributed by atoms with E-state index in [1.165, 1.54) is 5.56 Å². The summed E-state index contributed by atoms with van der Waals surface area (Å²) in [4.78, 5) is 43.1. The number of H-pyrrole nitrogens is 2. The minimum atomic E-state index is -2.69. The molecule has 2 amide bonds. The molecule has 3 aliphatic rings. The van der Waals surface area contributed by atoms with Gasteiger partial charge < -0.3 is 20.6 Å². The van der Waals surface area contributed by atoms with Gasteiger partial charge in [0.25, 0.3) is 0 Å². The Morgan fingerprint density at radius 1 is 0.696 bits per heavy atom. The highest BCUT2D eigenvalue weighted by atomic mass is 19.3. The molecule has 2 aromatic heterocycles. The van der Waals surface area contributed by atoms with Crippen LogP contribution in [0.5, 0.6) is 0 Å². The third kappa shape index (κ3) is 8.59. The summed E-state index contributed by atoms with van der Waals surface area (Å²) in [5.41, 5.74) is 7.28. The predicted octanol–water partition coefficient (Wildman–Crippen LogP) is 10.3. The average molecular weight is 775 g/mol. The Hall–Kier alpha value is -4.48. The molecule has 2 saturated carbocycles. The molecule has 300 valence electrons. The third-order valence-electron chi connectivity index (χ3n) is 12.0. The Morgan fingerprint density at radius 3 is 1.73 bits per heavy atom. The van der Waals surface area contributed by atoms with Crippen molar-refractivity contribution in [3.8, 4) is 33.6 Å². The monoisotopic (exact) mass is 774 g/mol. The molecular weight excluding hydrogens is 721 g/mol. The van der Waals surface area contributed by atoms with E-state index in [2.05, 4.69) is 55.9 Å². The van der Waals surface area contributed by atoms with Crippen molar-refractivity contribution in [1.82, 2.24) is 30.6 Å². The maximum absolute atomic E-state index is 13.8. The van der Waals surface area contributed by atoms with E-state index in [-0.39, 0.29) is 74.0 Å². The number of halogens is 4. The van der Waals surface area contributed by atoms with E-state index >= 15 is 0 Å². The van der Waals surface area contributed by atoms with Crippen LogP contribution in [0.4, 0.5) is 17.6 Å². The number of alkyl halides is 4. The Balaban J connectivity index is 1.05. The maximum Gasteiger partial charge on any atom is 0.248 e. The summed E-state index contributed by atoms with van der Waals surface area (Å²) in [6, 6.07) is 13.8. The number of aryl methyl sites for hydroxylation is 2. The number of carbonyl (C=O) groups is 2. The summed E-state index contributed by atoms with van der Waals surface area (Å²) in [6.45, 7) is 12.2. The number of imidazole rings is 2. The third-order valence-corrected chi connectivity index (χ3v) is 12.0. The minimum Gasteiger partial charge on any atom is -0.345 e. The lowest BCUT2D eigenvalue weighted by atomic mass is 9.83. The molecule has 4 N–H and O–H groups in total. The standard InChI is InChI=1S/C44H54F4N6O2/c1-41(2,3)35(53-39(55)27-15-19-43(45,46)20-16-27)37-49-24-33(51-37)26-9-7-25(8-10-26)29-11-13-31-30(23-29)12-14-32-34(31)52-38(50-32)36(42(4,5)6)54-40(56)28-17-21-44(47,48)22-18-28/h7-11,13,23-24,27-28,35-36H,12,14-22H2,1-6H3,(H,49,51)(H,50,52)(H,53,55)(H,54,56)/t35-,36?/m1/s1. The number of hydrogen-bond acceptors (Lipinski definition) is 4. The number of amides is 2. The number of aromatic nitrogens is 4. The molecule has 0 spiro atoms. The summed E-state index contributed by atoms with van der Waals surface area (Å²) < 4.78 is 55.0. The number of nitrogens with one attached hydrogen (secondary N) is 4. The molecule has 0 saturated heterocycles. The molecule has 2 aromatic carbocycles. The highest BCUT2D eigenvalue weighted by molar-refractivity contribution is 5.80. The first-order chi connectivity index (χ1) is 26.3. The fourth-order valence-electron chi connectivity index (χ4n) is 8.43. The van der Waals surface area contributed by atoms with Crippen molar-refractivity contribution in [2.45, 2.75) is 130 Å². The highest BCUT2D eigenvalue weighted by Gasteiger charge is 2.41. The quantitative estimate of drug-likeness (QED) is 0.133. The summed E-state index contributed by atoms with van der Waals surface area (Å²) in [7, 11) is 0. The fraction of sp³-hybridized carbons (Fsp3) is 0.545. The van der Waals surface area contributed by atoms with Crippen molar-refractivity contribution in [1.29, 1.82) is 0 Å². The van der Waals surface area contributed by atoms with Gasteiger partial charge in [-0.25, -0.2) is 27.5 Å². The first-order valence-electron chi connectivity index (χ1n) is 20.0. The molecule has 12 heteroatoms. The number of rotatable bonds is 8. The molecule has 0 aliphatic heterocycles. The number of fused-ring (bicyclic) bond motifs is 3. The van der Waals surface area contributed by atoms with Crippen molar-refractivity contribution < 1.29 is 27.2 Å². The fourth-order valence-corrected chi connectivity index (χ4v) is 8.43. The van der Waals surface area contributed by atoms with Crippen LogP contribution in [0.25, 0.3) is 33.6 Å². The molecule has 3 aliphatic carbocycles. The van der Waals surface area contributed by atoms with E-state index in [0.29, 0.717) is 11.6 Å². The highest BCUT2D eigenvalue weighted by Crippen LogP contribution is 2.42. The minimum absolute atomic E-state index is 0.177. The van der Waals surface area contributed by atoms with Gasteiger partial charge in [-0.05, 0) is 71.6 Å².